The number of carbonyl (C=O) groups excluding carboxylic acids is 2. The maximum absolute atomic E-state index is 12.4. The number of phosphoric ester groups is 1. The van der Waals surface area contributed by atoms with Gasteiger partial charge in [0.2, 0.25) is 0 Å². The van der Waals surface area contributed by atoms with Crippen molar-refractivity contribution in [3.8, 4) is 0 Å². The number of hydrogen-bond donors (Lipinski definition) is 2. The van der Waals surface area contributed by atoms with Crippen molar-refractivity contribution in [3.05, 3.63) is 85.1 Å². The van der Waals surface area contributed by atoms with Gasteiger partial charge in [-0.05, 0) is 89.9 Å². The fraction of sp³-hybridized carbons (Fsp3) is 0.610. The molecule has 3 atom stereocenters. The van der Waals surface area contributed by atoms with E-state index in [4.69, 9.17) is 24.0 Å². The average Bonchev–Trinajstić information content (AvgIpc) is 3.85. The number of ether oxygens (including phenoxy) is 3. The Bertz CT molecular complexity index is 1160. The minimum atomic E-state index is -4.78. The molecule has 9 nitrogen and oxygen atoms in total. The van der Waals surface area contributed by atoms with Gasteiger partial charge in [0.1, 0.15) is 6.61 Å². The lowest BCUT2D eigenvalue weighted by molar-refractivity contribution is -0.161. The van der Waals surface area contributed by atoms with Crippen LogP contribution in [-0.4, -0.2) is 53.3 Å². The number of hydrogen-bond acceptors (Lipinski definition) is 7. The molecule has 1 rings (SSSR count). The summed E-state index contributed by atoms with van der Waals surface area (Å²) in [6.07, 6.45) is 44.8. The number of epoxide rings is 1. The van der Waals surface area contributed by atoms with E-state index in [1.807, 2.05) is 6.08 Å². The minimum Gasteiger partial charge on any atom is -0.462 e. The van der Waals surface area contributed by atoms with Gasteiger partial charge in [-0.2, -0.15) is 0 Å². The Kier molecular flexibility index (Phi) is 28.9. The second-order valence-corrected chi connectivity index (χ2v) is 13.8. The Balaban J connectivity index is 2.18. The fourth-order valence-electron chi connectivity index (χ4n) is 4.87. The quantitative estimate of drug-likeness (QED) is 0.0228. The van der Waals surface area contributed by atoms with Crippen molar-refractivity contribution >= 4 is 19.8 Å². The first-order valence-electron chi connectivity index (χ1n) is 19.0. The Labute approximate surface area is 307 Å². The molecule has 288 valence electrons. The molecular weight excluding hydrogens is 667 g/mol. The molecule has 0 saturated carbocycles. The summed E-state index contributed by atoms with van der Waals surface area (Å²) in [6.45, 7) is 3.42. The van der Waals surface area contributed by atoms with Crippen LogP contribution in [0.4, 0.5) is 0 Å². The van der Waals surface area contributed by atoms with E-state index < -0.39 is 32.5 Å². The molecule has 1 heterocycles. The lowest BCUT2D eigenvalue weighted by Crippen LogP contribution is -2.29. The van der Waals surface area contributed by atoms with E-state index in [-0.39, 0.29) is 19.4 Å². The van der Waals surface area contributed by atoms with E-state index in [1.54, 1.807) is 0 Å². The van der Waals surface area contributed by atoms with Gasteiger partial charge in [0.15, 0.2) is 6.10 Å². The molecule has 1 fully saturated rings. The third-order valence-corrected chi connectivity index (χ3v) is 8.29. The highest BCUT2D eigenvalue weighted by Crippen LogP contribution is 2.36. The number of unbranched alkanes of at least 4 members (excludes halogenated alkanes) is 6. The zero-order valence-electron chi connectivity index (χ0n) is 31.2. The molecule has 0 aromatic rings. The molecule has 0 aromatic carbocycles. The highest BCUT2D eigenvalue weighted by Gasteiger charge is 2.36. The lowest BCUT2D eigenvalue weighted by atomic mass is 10.1. The highest BCUT2D eigenvalue weighted by molar-refractivity contribution is 7.46. The molecule has 1 saturated heterocycles. The third-order valence-electron chi connectivity index (χ3n) is 7.80. The first-order chi connectivity index (χ1) is 24.7. The van der Waals surface area contributed by atoms with Gasteiger partial charge in [0.25, 0.3) is 0 Å². The number of allylic oxidation sites excluding steroid dienone is 12. The van der Waals surface area contributed by atoms with Crippen LogP contribution in [0.3, 0.4) is 0 Å². The van der Waals surface area contributed by atoms with Crippen LogP contribution >= 0.6 is 7.82 Å². The summed E-state index contributed by atoms with van der Waals surface area (Å²) >= 11 is 0. The molecule has 0 spiro atoms. The first kappa shape index (κ1) is 46.2. The lowest BCUT2D eigenvalue weighted by Gasteiger charge is -2.18. The zero-order valence-corrected chi connectivity index (χ0v) is 32.1. The molecule has 2 N–H and O–H groups in total. The van der Waals surface area contributed by atoms with Crippen LogP contribution in [-0.2, 0) is 32.9 Å². The van der Waals surface area contributed by atoms with E-state index in [2.05, 4.69) is 97.4 Å². The molecular formula is C41H65O9P. The van der Waals surface area contributed by atoms with Gasteiger partial charge < -0.3 is 24.0 Å². The Morgan fingerprint density at radius 2 is 1.12 bits per heavy atom. The Hall–Kier alpha value is -2.81. The zero-order chi connectivity index (χ0) is 37.3. The number of rotatable bonds is 32. The third kappa shape index (κ3) is 31.6. The summed E-state index contributed by atoms with van der Waals surface area (Å²) in [4.78, 5) is 42.7. The van der Waals surface area contributed by atoms with Gasteiger partial charge in [0.05, 0.1) is 18.8 Å². The highest BCUT2D eigenvalue weighted by atomic mass is 31.2. The second-order valence-electron chi connectivity index (χ2n) is 12.6. The molecule has 0 bridgehead atoms. The molecule has 51 heavy (non-hydrogen) atoms. The Morgan fingerprint density at radius 3 is 1.71 bits per heavy atom. The summed E-state index contributed by atoms with van der Waals surface area (Å²) < 4.78 is 32.0. The van der Waals surface area contributed by atoms with Crippen LogP contribution < -0.4 is 0 Å². The topological polar surface area (TPSA) is 132 Å². The minimum absolute atomic E-state index is 0.140. The summed E-state index contributed by atoms with van der Waals surface area (Å²) in [7, 11) is -4.78. The van der Waals surface area contributed by atoms with Crippen LogP contribution in [0.2, 0.25) is 0 Å². The predicted molar refractivity (Wildman–Crippen MR) is 206 cm³/mol. The van der Waals surface area contributed by atoms with E-state index in [0.29, 0.717) is 31.5 Å². The van der Waals surface area contributed by atoms with Gasteiger partial charge in [-0.15, -0.1) is 0 Å². The van der Waals surface area contributed by atoms with E-state index in [0.717, 1.165) is 64.2 Å². The van der Waals surface area contributed by atoms with Gasteiger partial charge in [-0.25, -0.2) is 4.57 Å². The van der Waals surface area contributed by atoms with Crippen LogP contribution in [0.1, 0.15) is 129 Å². The normalized spacial score (nSPS) is 17.4. The van der Waals surface area contributed by atoms with E-state index >= 15 is 0 Å². The molecule has 0 aliphatic carbocycles. The number of esters is 2. The maximum atomic E-state index is 12.4. The van der Waals surface area contributed by atoms with Crippen LogP contribution in [0.25, 0.3) is 0 Å². The van der Waals surface area contributed by atoms with Crippen LogP contribution in [0, 0.1) is 0 Å². The van der Waals surface area contributed by atoms with E-state index in [9.17, 15) is 14.2 Å². The van der Waals surface area contributed by atoms with E-state index in [1.165, 1.54) is 19.3 Å². The maximum Gasteiger partial charge on any atom is 0.469 e. The molecule has 2 unspecified atom stereocenters. The number of phosphoric acid groups is 1. The van der Waals surface area contributed by atoms with Crippen LogP contribution in [0.15, 0.2) is 85.1 Å². The number of carbonyl (C=O) groups is 2. The average molecular weight is 733 g/mol. The molecule has 0 radical (unpaired) electrons. The van der Waals surface area contributed by atoms with Crippen molar-refractivity contribution in [2.45, 2.75) is 148 Å². The summed E-state index contributed by atoms with van der Waals surface area (Å²) in [5.74, 6) is -1.02. The largest absolute Gasteiger partial charge is 0.469 e. The summed E-state index contributed by atoms with van der Waals surface area (Å²) in [6, 6.07) is 0. The van der Waals surface area contributed by atoms with Crippen molar-refractivity contribution in [2.75, 3.05) is 13.2 Å². The molecule has 10 heteroatoms. The fourth-order valence-corrected chi connectivity index (χ4v) is 5.23. The second kappa shape index (κ2) is 31.9. The molecule has 0 aromatic heterocycles. The summed E-state index contributed by atoms with van der Waals surface area (Å²) in [5.41, 5.74) is 0. The monoisotopic (exact) mass is 732 g/mol. The van der Waals surface area contributed by atoms with Crippen LogP contribution in [0.5, 0.6) is 0 Å². The van der Waals surface area contributed by atoms with Crippen molar-refractivity contribution in [1.82, 2.24) is 0 Å². The van der Waals surface area contributed by atoms with Crippen molar-refractivity contribution < 1.29 is 42.7 Å². The first-order valence-corrected chi connectivity index (χ1v) is 20.5. The van der Waals surface area contributed by atoms with Gasteiger partial charge in [-0.1, -0.05) is 112 Å². The van der Waals surface area contributed by atoms with Gasteiger partial charge in [0, 0.05) is 12.8 Å². The Morgan fingerprint density at radius 1 is 0.627 bits per heavy atom. The van der Waals surface area contributed by atoms with Gasteiger partial charge in [-0.3, -0.25) is 14.1 Å². The predicted octanol–water partition coefficient (Wildman–Crippen LogP) is 10.3. The smallest absolute Gasteiger partial charge is 0.462 e. The van der Waals surface area contributed by atoms with Crippen molar-refractivity contribution in [1.29, 1.82) is 0 Å². The molecule has 1 aliphatic heterocycles. The molecule has 1 aliphatic rings. The van der Waals surface area contributed by atoms with Gasteiger partial charge >= 0.3 is 19.8 Å². The SMILES string of the molecule is CC/C=C\C/C=C\C/C=C\C/C=C\CCCCC(=O)O[C@H](COC(=O)CCC/C=C\C/C=C\CC1OC1C/C=C\CCCCC)COP(=O)(O)O. The molecule has 0 amide bonds. The standard InChI is InChI=1S/C41H65O9P/c1-3-5-7-9-11-12-13-14-15-16-17-18-21-26-30-34-41(43)49-37(36-48-51(44,45)46)35-47-40(42)33-29-25-22-19-20-24-28-32-39-38(50-39)31-27-23-10-8-6-4-2/h5,7,11-12,14-15,17-19,22-24,27-28,37-39H,3-4,6,8-10,13,16,20-21,25-26,29-36H2,1-2H3,(H2,44,45,46)/b7-5-,12-11-,15-14-,18-17-,22-19-,27-23-,28-24-/t37-,38?,39?/m1/s1. The van der Waals surface area contributed by atoms with Crippen molar-refractivity contribution in [3.63, 3.8) is 0 Å². The summed E-state index contributed by atoms with van der Waals surface area (Å²) in [5, 5.41) is 0. The van der Waals surface area contributed by atoms with Crippen molar-refractivity contribution in [2.24, 2.45) is 0 Å².